The Morgan fingerprint density at radius 3 is 2.59 bits per heavy atom. The first-order valence-corrected chi connectivity index (χ1v) is 12.3. The number of fused-ring (bicyclic) bond motifs is 1. The normalized spacial score (nSPS) is 22.8. The standard InChI is InChI=1S/C27H36ClNO3/c1-27(2)26(31-18-20-11-7-8-12-23(20)28)25(30-16-15-19-9-5-4-6-10-19)22-17-21(29-3)13-14-24(22)32-27/h7-8,11-14,17,19,25-26,29H,4-6,9-10,15-16,18H2,1-3H3. The van der Waals surface area contributed by atoms with Gasteiger partial charge in [0.1, 0.15) is 23.6 Å². The fraction of sp³-hybridized carbons (Fsp3) is 0.556. The molecular weight excluding hydrogens is 422 g/mol. The van der Waals surface area contributed by atoms with Crippen molar-refractivity contribution in [1.82, 2.24) is 0 Å². The second-order valence-electron chi connectivity index (χ2n) is 9.62. The number of nitrogens with one attached hydrogen (secondary N) is 1. The number of ether oxygens (including phenoxy) is 3. The van der Waals surface area contributed by atoms with Crippen molar-refractivity contribution < 1.29 is 14.2 Å². The summed E-state index contributed by atoms with van der Waals surface area (Å²) in [6.07, 6.45) is 7.39. The van der Waals surface area contributed by atoms with Gasteiger partial charge in [-0.3, -0.25) is 0 Å². The number of benzene rings is 2. The number of rotatable bonds is 8. The fourth-order valence-electron chi connectivity index (χ4n) is 4.99. The third-order valence-corrected chi connectivity index (χ3v) is 7.23. The van der Waals surface area contributed by atoms with E-state index in [1.54, 1.807) is 0 Å². The SMILES string of the molecule is CNc1ccc2c(c1)C(OCCC1CCCCC1)C(OCc1ccccc1Cl)C(C)(C)O2. The first-order chi connectivity index (χ1) is 15.5. The van der Waals surface area contributed by atoms with Crippen molar-refractivity contribution in [1.29, 1.82) is 0 Å². The molecule has 4 nitrogen and oxygen atoms in total. The fourth-order valence-corrected chi connectivity index (χ4v) is 5.18. The van der Waals surface area contributed by atoms with Gasteiger partial charge in [0.2, 0.25) is 0 Å². The highest BCUT2D eigenvalue weighted by atomic mass is 35.5. The predicted molar refractivity (Wildman–Crippen MR) is 131 cm³/mol. The molecule has 1 N–H and O–H groups in total. The second-order valence-corrected chi connectivity index (χ2v) is 10.0. The molecule has 0 aromatic heterocycles. The molecular formula is C27H36ClNO3. The summed E-state index contributed by atoms with van der Waals surface area (Å²) in [6.45, 7) is 5.31. The maximum atomic E-state index is 6.61. The summed E-state index contributed by atoms with van der Waals surface area (Å²) in [4.78, 5) is 0. The van der Waals surface area contributed by atoms with Gasteiger partial charge < -0.3 is 19.5 Å². The quantitative estimate of drug-likeness (QED) is 0.456. The summed E-state index contributed by atoms with van der Waals surface area (Å²) < 4.78 is 19.5. The van der Waals surface area contributed by atoms with Crippen LogP contribution in [0.4, 0.5) is 5.69 Å². The summed E-state index contributed by atoms with van der Waals surface area (Å²) in [5.41, 5.74) is 2.52. The van der Waals surface area contributed by atoms with Crippen LogP contribution in [-0.2, 0) is 16.1 Å². The van der Waals surface area contributed by atoms with E-state index in [1.165, 1.54) is 32.1 Å². The Bertz CT molecular complexity index is 894. The molecule has 1 fully saturated rings. The van der Waals surface area contributed by atoms with E-state index in [0.29, 0.717) is 6.61 Å². The van der Waals surface area contributed by atoms with E-state index in [4.69, 9.17) is 25.8 Å². The zero-order valence-electron chi connectivity index (χ0n) is 19.5. The Hall–Kier alpha value is -1.75. The number of hydrogen-bond acceptors (Lipinski definition) is 4. The summed E-state index contributed by atoms with van der Waals surface area (Å²) >= 11 is 6.39. The van der Waals surface area contributed by atoms with E-state index in [1.807, 2.05) is 43.4 Å². The molecule has 174 valence electrons. The average molecular weight is 458 g/mol. The highest BCUT2D eigenvalue weighted by Gasteiger charge is 2.45. The minimum Gasteiger partial charge on any atom is -0.485 e. The van der Waals surface area contributed by atoms with Gasteiger partial charge in [0.05, 0.1) is 6.61 Å². The van der Waals surface area contributed by atoms with Gasteiger partial charge in [-0.25, -0.2) is 0 Å². The summed E-state index contributed by atoms with van der Waals surface area (Å²) in [6, 6.07) is 14.0. The smallest absolute Gasteiger partial charge is 0.132 e. The lowest BCUT2D eigenvalue weighted by Crippen LogP contribution is -2.51. The number of anilines is 1. The lowest BCUT2D eigenvalue weighted by molar-refractivity contribution is -0.168. The maximum Gasteiger partial charge on any atom is 0.132 e. The average Bonchev–Trinajstić information content (AvgIpc) is 2.79. The highest BCUT2D eigenvalue weighted by Crippen LogP contribution is 2.45. The van der Waals surface area contributed by atoms with Crippen molar-refractivity contribution in [3.8, 4) is 5.75 Å². The van der Waals surface area contributed by atoms with Gasteiger partial charge in [-0.05, 0) is 56.0 Å². The minimum absolute atomic E-state index is 0.201. The zero-order valence-corrected chi connectivity index (χ0v) is 20.3. The molecule has 0 amide bonds. The van der Waals surface area contributed by atoms with Crippen LogP contribution in [0.5, 0.6) is 5.75 Å². The van der Waals surface area contributed by atoms with Crippen LogP contribution in [0.25, 0.3) is 0 Å². The van der Waals surface area contributed by atoms with Crippen LogP contribution in [0.15, 0.2) is 42.5 Å². The lowest BCUT2D eigenvalue weighted by Gasteiger charge is -2.44. The van der Waals surface area contributed by atoms with E-state index in [-0.39, 0.29) is 12.2 Å². The molecule has 1 aliphatic carbocycles. The van der Waals surface area contributed by atoms with Gasteiger partial charge in [0.15, 0.2) is 0 Å². The van der Waals surface area contributed by atoms with Crippen LogP contribution >= 0.6 is 11.6 Å². The molecule has 2 aromatic rings. The van der Waals surface area contributed by atoms with Crippen molar-refractivity contribution in [3.63, 3.8) is 0 Å². The zero-order chi connectivity index (χ0) is 22.6. The molecule has 0 radical (unpaired) electrons. The first-order valence-electron chi connectivity index (χ1n) is 12.0. The molecule has 1 aliphatic heterocycles. The van der Waals surface area contributed by atoms with E-state index < -0.39 is 5.60 Å². The Morgan fingerprint density at radius 2 is 1.84 bits per heavy atom. The highest BCUT2D eigenvalue weighted by molar-refractivity contribution is 6.31. The molecule has 5 heteroatoms. The van der Waals surface area contributed by atoms with Crippen LogP contribution in [0.2, 0.25) is 5.02 Å². The van der Waals surface area contributed by atoms with Crippen LogP contribution < -0.4 is 10.1 Å². The van der Waals surface area contributed by atoms with Crippen molar-refractivity contribution in [2.24, 2.45) is 5.92 Å². The van der Waals surface area contributed by atoms with Crippen molar-refractivity contribution in [3.05, 3.63) is 58.6 Å². The Morgan fingerprint density at radius 1 is 1.06 bits per heavy atom. The monoisotopic (exact) mass is 457 g/mol. The Kier molecular flexibility index (Phi) is 7.65. The van der Waals surface area contributed by atoms with E-state index in [9.17, 15) is 0 Å². The molecule has 2 aliphatic rings. The van der Waals surface area contributed by atoms with Crippen molar-refractivity contribution >= 4 is 17.3 Å². The second kappa shape index (κ2) is 10.5. The maximum absolute atomic E-state index is 6.61. The molecule has 0 saturated heterocycles. The Labute approximate surface area is 197 Å². The van der Waals surface area contributed by atoms with Gasteiger partial charge in [-0.15, -0.1) is 0 Å². The van der Waals surface area contributed by atoms with Crippen molar-refractivity contribution in [2.45, 2.75) is 76.8 Å². The first kappa shape index (κ1) is 23.4. The lowest BCUT2D eigenvalue weighted by atomic mass is 9.86. The van der Waals surface area contributed by atoms with Crippen LogP contribution in [0.1, 0.15) is 69.6 Å². The molecule has 1 saturated carbocycles. The summed E-state index contributed by atoms with van der Waals surface area (Å²) in [5.74, 6) is 1.65. The van der Waals surface area contributed by atoms with Gasteiger partial charge in [-0.1, -0.05) is 61.9 Å². The van der Waals surface area contributed by atoms with E-state index >= 15 is 0 Å². The molecule has 1 heterocycles. The molecule has 2 unspecified atom stereocenters. The van der Waals surface area contributed by atoms with Crippen LogP contribution in [0, 0.1) is 5.92 Å². The van der Waals surface area contributed by atoms with Crippen LogP contribution in [-0.4, -0.2) is 25.4 Å². The summed E-state index contributed by atoms with van der Waals surface area (Å²) in [5, 5.41) is 3.95. The predicted octanol–water partition coefficient (Wildman–Crippen LogP) is 7.17. The van der Waals surface area contributed by atoms with E-state index in [2.05, 4.69) is 25.2 Å². The summed E-state index contributed by atoms with van der Waals surface area (Å²) in [7, 11) is 1.93. The van der Waals surface area contributed by atoms with Gasteiger partial charge in [0.25, 0.3) is 0 Å². The van der Waals surface area contributed by atoms with Crippen molar-refractivity contribution in [2.75, 3.05) is 19.0 Å². The molecule has 4 rings (SSSR count). The molecule has 0 spiro atoms. The van der Waals surface area contributed by atoms with Gasteiger partial charge >= 0.3 is 0 Å². The van der Waals surface area contributed by atoms with Gasteiger partial charge in [-0.2, -0.15) is 0 Å². The largest absolute Gasteiger partial charge is 0.485 e. The molecule has 32 heavy (non-hydrogen) atoms. The minimum atomic E-state index is -0.537. The molecule has 0 bridgehead atoms. The number of halogens is 1. The molecule has 2 aromatic carbocycles. The third-order valence-electron chi connectivity index (χ3n) is 6.86. The third kappa shape index (κ3) is 5.41. The van der Waals surface area contributed by atoms with Gasteiger partial charge in [0, 0.05) is 29.9 Å². The topological polar surface area (TPSA) is 39.7 Å². The van der Waals surface area contributed by atoms with E-state index in [0.717, 1.165) is 46.5 Å². The Balaban J connectivity index is 1.55. The molecule has 2 atom stereocenters. The van der Waals surface area contributed by atoms with Crippen LogP contribution in [0.3, 0.4) is 0 Å². The number of hydrogen-bond donors (Lipinski definition) is 1.